The molecule has 88 valence electrons. The number of nitrogens with zero attached hydrogens (tertiary/aromatic N) is 1. The van der Waals surface area contributed by atoms with Crippen molar-refractivity contribution >= 4 is 16.6 Å². The lowest BCUT2D eigenvalue weighted by atomic mass is 10.1. The predicted molar refractivity (Wildman–Crippen MR) is 66.6 cm³/mol. The second-order valence-corrected chi connectivity index (χ2v) is 4.25. The van der Waals surface area contributed by atoms with Crippen LogP contribution in [0.4, 0.5) is 5.69 Å². The van der Waals surface area contributed by atoms with E-state index in [0.29, 0.717) is 13.2 Å². The summed E-state index contributed by atoms with van der Waals surface area (Å²) in [7, 11) is 0. The average molecular weight is 230 g/mol. The highest BCUT2D eigenvalue weighted by molar-refractivity contribution is 5.94. The Morgan fingerprint density at radius 1 is 1.12 bits per heavy atom. The van der Waals surface area contributed by atoms with Crippen molar-refractivity contribution in [3.8, 4) is 11.5 Å². The molecule has 0 saturated carbocycles. The smallest absolute Gasteiger partial charge is 0.163 e. The number of benzene rings is 1. The molecule has 0 unspecified atom stereocenters. The molecule has 0 radical (unpaired) electrons. The van der Waals surface area contributed by atoms with Crippen LogP contribution in [0.25, 0.3) is 10.9 Å². The van der Waals surface area contributed by atoms with E-state index in [1.165, 1.54) is 0 Å². The number of anilines is 1. The van der Waals surface area contributed by atoms with Gasteiger partial charge in [-0.2, -0.15) is 0 Å². The molecule has 0 fully saturated rings. The van der Waals surface area contributed by atoms with Crippen molar-refractivity contribution in [3.05, 3.63) is 23.4 Å². The summed E-state index contributed by atoms with van der Waals surface area (Å²) in [6.45, 7) is 5.10. The summed E-state index contributed by atoms with van der Waals surface area (Å²) >= 11 is 0. The van der Waals surface area contributed by atoms with E-state index >= 15 is 0 Å². The van der Waals surface area contributed by atoms with Crippen LogP contribution >= 0.6 is 0 Å². The standard InChI is InChI=1S/C13H14N2O2/c1-7-8(2)15-10-6-12-11(16-3-4-17-12)5-9(10)13(7)14/h5-6H,3-4H2,1-2H3,(H2,14,15). The first-order valence-electron chi connectivity index (χ1n) is 5.63. The molecule has 1 aliphatic rings. The van der Waals surface area contributed by atoms with Gasteiger partial charge >= 0.3 is 0 Å². The highest BCUT2D eigenvalue weighted by atomic mass is 16.6. The van der Waals surface area contributed by atoms with Gasteiger partial charge in [-0.05, 0) is 25.5 Å². The SMILES string of the molecule is Cc1nc2cc3c(cc2c(N)c1C)OCCO3. The van der Waals surface area contributed by atoms with Crippen LogP contribution in [0.1, 0.15) is 11.3 Å². The molecule has 3 rings (SSSR count). The van der Waals surface area contributed by atoms with E-state index in [-0.39, 0.29) is 0 Å². The zero-order valence-electron chi connectivity index (χ0n) is 9.91. The van der Waals surface area contributed by atoms with Gasteiger partial charge in [-0.15, -0.1) is 0 Å². The molecule has 1 aliphatic heterocycles. The molecule has 0 atom stereocenters. The minimum Gasteiger partial charge on any atom is -0.486 e. The quantitative estimate of drug-likeness (QED) is 0.753. The summed E-state index contributed by atoms with van der Waals surface area (Å²) in [6.07, 6.45) is 0. The van der Waals surface area contributed by atoms with E-state index in [2.05, 4.69) is 4.98 Å². The first-order chi connectivity index (χ1) is 8.16. The first kappa shape index (κ1) is 10.2. The zero-order valence-corrected chi connectivity index (χ0v) is 9.91. The van der Waals surface area contributed by atoms with Gasteiger partial charge in [-0.1, -0.05) is 0 Å². The maximum atomic E-state index is 6.12. The number of hydrogen-bond donors (Lipinski definition) is 1. The van der Waals surface area contributed by atoms with Gasteiger partial charge < -0.3 is 15.2 Å². The van der Waals surface area contributed by atoms with E-state index in [0.717, 1.165) is 39.3 Å². The second kappa shape index (κ2) is 3.52. The van der Waals surface area contributed by atoms with Gasteiger partial charge in [0.15, 0.2) is 11.5 Å². The number of nitrogens with two attached hydrogens (primary N) is 1. The van der Waals surface area contributed by atoms with E-state index < -0.39 is 0 Å². The van der Waals surface area contributed by atoms with Crippen molar-refractivity contribution in [2.75, 3.05) is 18.9 Å². The van der Waals surface area contributed by atoms with Crippen LogP contribution in [0.3, 0.4) is 0 Å². The summed E-state index contributed by atoms with van der Waals surface area (Å²) in [4.78, 5) is 4.53. The third kappa shape index (κ3) is 1.48. The fourth-order valence-corrected chi connectivity index (χ4v) is 2.05. The minimum atomic E-state index is 0.580. The third-order valence-electron chi connectivity index (χ3n) is 3.19. The van der Waals surface area contributed by atoms with E-state index in [4.69, 9.17) is 15.2 Å². The fraction of sp³-hybridized carbons (Fsp3) is 0.308. The van der Waals surface area contributed by atoms with Crippen LogP contribution < -0.4 is 15.2 Å². The van der Waals surface area contributed by atoms with E-state index in [9.17, 15) is 0 Å². The largest absolute Gasteiger partial charge is 0.486 e. The van der Waals surface area contributed by atoms with Gasteiger partial charge in [0.2, 0.25) is 0 Å². The lowest BCUT2D eigenvalue weighted by molar-refractivity contribution is 0.172. The maximum Gasteiger partial charge on any atom is 0.163 e. The number of hydrogen-bond acceptors (Lipinski definition) is 4. The molecule has 1 aromatic carbocycles. The van der Waals surface area contributed by atoms with Crippen molar-refractivity contribution in [1.29, 1.82) is 0 Å². The highest BCUT2D eigenvalue weighted by Crippen LogP contribution is 2.37. The van der Waals surface area contributed by atoms with Gasteiger partial charge in [0.1, 0.15) is 13.2 Å². The van der Waals surface area contributed by atoms with E-state index in [1.807, 2.05) is 26.0 Å². The summed E-state index contributed by atoms with van der Waals surface area (Å²) < 4.78 is 11.1. The second-order valence-electron chi connectivity index (χ2n) is 4.25. The van der Waals surface area contributed by atoms with Crippen LogP contribution in [0.5, 0.6) is 11.5 Å². The van der Waals surface area contributed by atoms with Crippen molar-refractivity contribution in [2.45, 2.75) is 13.8 Å². The lowest BCUT2D eigenvalue weighted by Gasteiger charge is -2.19. The molecule has 2 heterocycles. The molecule has 0 bridgehead atoms. The van der Waals surface area contributed by atoms with Gasteiger partial charge in [0.05, 0.1) is 5.52 Å². The first-order valence-corrected chi connectivity index (χ1v) is 5.63. The fourth-order valence-electron chi connectivity index (χ4n) is 2.05. The third-order valence-corrected chi connectivity index (χ3v) is 3.19. The lowest BCUT2D eigenvalue weighted by Crippen LogP contribution is -2.15. The van der Waals surface area contributed by atoms with Gasteiger partial charge in [0.25, 0.3) is 0 Å². The molecule has 4 heteroatoms. The zero-order chi connectivity index (χ0) is 12.0. The summed E-state index contributed by atoms with van der Waals surface area (Å²) in [5.41, 5.74) is 9.71. The molecule has 0 spiro atoms. The highest BCUT2D eigenvalue weighted by Gasteiger charge is 2.15. The molecule has 1 aromatic heterocycles. The Morgan fingerprint density at radius 3 is 2.47 bits per heavy atom. The Labute approximate surface area is 99.4 Å². The molecule has 17 heavy (non-hydrogen) atoms. The van der Waals surface area contributed by atoms with Crippen molar-refractivity contribution in [1.82, 2.24) is 4.98 Å². The Balaban J connectivity index is 2.34. The Kier molecular flexibility index (Phi) is 2.11. The van der Waals surface area contributed by atoms with Crippen molar-refractivity contribution < 1.29 is 9.47 Å². The molecule has 0 amide bonds. The normalized spacial score (nSPS) is 14.0. The van der Waals surface area contributed by atoms with Gasteiger partial charge in [-0.3, -0.25) is 4.98 Å². The predicted octanol–water partition coefficient (Wildman–Crippen LogP) is 2.21. The molecular formula is C13H14N2O2. The Bertz CT molecular complexity index is 608. The summed E-state index contributed by atoms with van der Waals surface area (Å²) in [6, 6.07) is 3.81. The summed E-state index contributed by atoms with van der Waals surface area (Å²) in [5.74, 6) is 1.50. The van der Waals surface area contributed by atoms with Gasteiger partial charge in [-0.25, -0.2) is 0 Å². The number of nitrogen functional groups attached to an aromatic ring is 1. The number of pyridine rings is 1. The Morgan fingerprint density at radius 2 is 1.76 bits per heavy atom. The average Bonchev–Trinajstić information content (AvgIpc) is 2.34. The summed E-state index contributed by atoms with van der Waals surface area (Å²) in [5, 5.41) is 0.928. The number of aryl methyl sites for hydroxylation is 1. The molecule has 2 N–H and O–H groups in total. The monoisotopic (exact) mass is 230 g/mol. The molecule has 2 aromatic rings. The van der Waals surface area contributed by atoms with Gasteiger partial charge in [0, 0.05) is 22.8 Å². The number of ether oxygens (including phenoxy) is 2. The van der Waals surface area contributed by atoms with Crippen LogP contribution in [-0.4, -0.2) is 18.2 Å². The van der Waals surface area contributed by atoms with Crippen LogP contribution in [0.2, 0.25) is 0 Å². The van der Waals surface area contributed by atoms with E-state index in [1.54, 1.807) is 0 Å². The number of fused-ring (bicyclic) bond motifs is 2. The topological polar surface area (TPSA) is 57.4 Å². The van der Waals surface area contributed by atoms with Crippen molar-refractivity contribution in [2.24, 2.45) is 0 Å². The number of aromatic nitrogens is 1. The van der Waals surface area contributed by atoms with Crippen molar-refractivity contribution in [3.63, 3.8) is 0 Å². The minimum absolute atomic E-state index is 0.580. The van der Waals surface area contributed by atoms with Crippen LogP contribution in [0.15, 0.2) is 12.1 Å². The molecule has 0 aliphatic carbocycles. The maximum absolute atomic E-state index is 6.12. The van der Waals surface area contributed by atoms with Crippen LogP contribution in [0, 0.1) is 13.8 Å². The Hall–Kier alpha value is -1.97. The molecular weight excluding hydrogens is 216 g/mol. The molecule has 0 saturated heterocycles. The molecule has 4 nitrogen and oxygen atoms in total. The number of rotatable bonds is 0. The van der Waals surface area contributed by atoms with Crippen LogP contribution in [-0.2, 0) is 0 Å².